The first kappa shape index (κ1) is 14.0. The minimum absolute atomic E-state index is 0.0210. The lowest BCUT2D eigenvalue weighted by atomic mass is 10.2. The van der Waals surface area contributed by atoms with Gasteiger partial charge in [-0.2, -0.15) is 0 Å². The van der Waals surface area contributed by atoms with Crippen LogP contribution in [0, 0.1) is 0 Å². The quantitative estimate of drug-likeness (QED) is 0.556. The van der Waals surface area contributed by atoms with Crippen molar-refractivity contribution < 1.29 is 19.1 Å². The topological polar surface area (TPSA) is 90.6 Å². The number of carbonyl (C=O) groups is 2. The zero-order valence-corrected chi connectivity index (χ0v) is 10.1. The van der Waals surface area contributed by atoms with Crippen LogP contribution >= 0.6 is 0 Å². The molecule has 0 aliphatic carbocycles. The normalized spacial score (nSPS) is 9.67. The zero-order valence-electron chi connectivity index (χ0n) is 10.1. The highest BCUT2D eigenvalue weighted by atomic mass is 16.5. The van der Waals surface area contributed by atoms with E-state index in [1.165, 1.54) is 6.92 Å². The van der Waals surface area contributed by atoms with Gasteiger partial charge in [-0.15, -0.1) is 0 Å². The van der Waals surface area contributed by atoms with Crippen LogP contribution in [0.25, 0.3) is 0 Å². The molecule has 0 aromatic heterocycles. The lowest BCUT2D eigenvalue weighted by Crippen LogP contribution is -2.33. The van der Waals surface area contributed by atoms with E-state index >= 15 is 0 Å². The number of para-hydroxylation sites is 1. The second kappa shape index (κ2) is 7.29. The number of esters is 1. The summed E-state index contributed by atoms with van der Waals surface area (Å²) in [5.41, 5.74) is 5.87. The first-order valence-corrected chi connectivity index (χ1v) is 5.44. The van der Waals surface area contributed by atoms with Crippen molar-refractivity contribution in [2.75, 3.05) is 13.3 Å². The molecule has 98 valence electrons. The lowest BCUT2D eigenvalue weighted by Gasteiger charge is -2.11. The van der Waals surface area contributed by atoms with Crippen LogP contribution in [0.5, 0.6) is 5.75 Å². The number of amides is 1. The van der Waals surface area contributed by atoms with Crippen LogP contribution in [0.1, 0.15) is 12.5 Å². The summed E-state index contributed by atoms with van der Waals surface area (Å²) < 4.78 is 10.3. The second-order valence-electron chi connectivity index (χ2n) is 3.48. The summed E-state index contributed by atoms with van der Waals surface area (Å²) in [5, 5.41) is 2.48. The summed E-state index contributed by atoms with van der Waals surface area (Å²) in [5.74, 6) is -0.107. The van der Waals surface area contributed by atoms with E-state index in [1.54, 1.807) is 18.2 Å². The molecule has 0 bridgehead atoms. The van der Waals surface area contributed by atoms with Gasteiger partial charge >= 0.3 is 5.97 Å². The Labute approximate surface area is 105 Å². The molecule has 18 heavy (non-hydrogen) atoms. The van der Waals surface area contributed by atoms with E-state index in [9.17, 15) is 9.59 Å². The van der Waals surface area contributed by atoms with Crippen molar-refractivity contribution in [1.82, 2.24) is 5.32 Å². The van der Waals surface area contributed by atoms with Gasteiger partial charge < -0.3 is 20.5 Å². The third-order valence-electron chi connectivity index (χ3n) is 2.09. The molecule has 0 aliphatic heterocycles. The molecule has 0 radical (unpaired) electrons. The van der Waals surface area contributed by atoms with Gasteiger partial charge in [0.25, 0.3) is 0 Å². The largest absolute Gasteiger partial charge is 0.473 e. The van der Waals surface area contributed by atoms with Gasteiger partial charge in [0.1, 0.15) is 12.4 Å². The van der Waals surface area contributed by atoms with Gasteiger partial charge in [0.2, 0.25) is 5.91 Å². The molecule has 6 heteroatoms. The minimum Gasteiger partial charge on any atom is -0.473 e. The molecule has 6 nitrogen and oxygen atoms in total. The van der Waals surface area contributed by atoms with Crippen molar-refractivity contribution in [3.63, 3.8) is 0 Å². The summed E-state index contributed by atoms with van der Waals surface area (Å²) in [6.45, 7) is 1.41. The van der Waals surface area contributed by atoms with Crippen LogP contribution in [0.15, 0.2) is 24.3 Å². The summed E-state index contributed by atoms with van der Waals surface area (Å²) >= 11 is 0. The van der Waals surface area contributed by atoms with E-state index in [-0.39, 0.29) is 31.8 Å². The Hall–Kier alpha value is -2.08. The molecule has 1 amide bonds. The van der Waals surface area contributed by atoms with Gasteiger partial charge in [-0.05, 0) is 6.07 Å². The SMILES string of the molecule is CC(=O)OCc1ccccc1OCNC(=O)CN. The summed E-state index contributed by atoms with van der Waals surface area (Å²) in [6, 6.07) is 7.11. The lowest BCUT2D eigenvalue weighted by molar-refractivity contribution is -0.142. The van der Waals surface area contributed by atoms with Crippen molar-refractivity contribution in [2.45, 2.75) is 13.5 Å². The maximum atomic E-state index is 10.9. The van der Waals surface area contributed by atoms with Gasteiger partial charge in [0, 0.05) is 12.5 Å². The molecule has 0 aliphatic rings. The fourth-order valence-corrected chi connectivity index (χ4v) is 1.21. The molecular formula is C12H16N2O4. The average molecular weight is 252 g/mol. The molecule has 0 spiro atoms. The predicted octanol–water partition coefficient (Wildman–Crippen LogP) is 0.161. The van der Waals surface area contributed by atoms with E-state index in [4.69, 9.17) is 15.2 Å². The Morgan fingerprint density at radius 3 is 2.72 bits per heavy atom. The number of rotatable bonds is 6. The monoisotopic (exact) mass is 252 g/mol. The molecule has 0 atom stereocenters. The fourth-order valence-electron chi connectivity index (χ4n) is 1.21. The summed E-state index contributed by atoms with van der Waals surface area (Å²) in [7, 11) is 0. The predicted molar refractivity (Wildman–Crippen MR) is 64.6 cm³/mol. The van der Waals surface area contributed by atoms with Crippen molar-refractivity contribution in [3.05, 3.63) is 29.8 Å². The molecule has 0 fully saturated rings. The number of ether oxygens (including phenoxy) is 2. The van der Waals surface area contributed by atoms with Crippen LogP contribution < -0.4 is 15.8 Å². The standard InChI is InChI=1S/C12H16N2O4/c1-9(15)17-7-10-4-2-3-5-11(10)18-8-14-12(16)6-13/h2-5H,6-8,13H2,1H3,(H,14,16). The van der Waals surface area contributed by atoms with Crippen LogP contribution in [0.3, 0.4) is 0 Å². The van der Waals surface area contributed by atoms with E-state index in [2.05, 4.69) is 5.32 Å². The Bertz CT molecular complexity index is 420. The molecule has 1 rings (SSSR count). The zero-order chi connectivity index (χ0) is 13.4. The van der Waals surface area contributed by atoms with Gasteiger partial charge in [0.05, 0.1) is 6.54 Å². The smallest absolute Gasteiger partial charge is 0.302 e. The highest BCUT2D eigenvalue weighted by molar-refractivity contribution is 5.77. The van der Waals surface area contributed by atoms with Crippen LogP contribution in [-0.4, -0.2) is 25.2 Å². The molecule has 3 N–H and O–H groups in total. The summed E-state index contributed by atoms with van der Waals surface area (Å²) in [4.78, 5) is 21.7. The second-order valence-corrected chi connectivity index (χ2v) is 3.48. The molecule has 0 saturated heterocycles. The van der Waals surface area contributed by atoms with E-state index < -0.39 is 0 Å². The number of nitrogens with two attached hydrogens (primary N) is 1. The Kier molecular flexibility index (Phi) is 5.66. The average Bonchev–Trinajstić information content (AvgIpc) is 2.37. The number of nitrogens with one attached hydrogen (secondary N) is 1. The van der Waals surface area contributed by atoms with Crippen LogP contribution in [0.4, 0.5) is 0 Å². The number of carbonyl (C=O) groups excluding carboxylic acids is 2. The summed E-state index contributed by atoms with van der Waals surface area (Å²) in [6.07, 6.45) is 0. The Morgan fingerprint density at radius 2 is 2.06 bits per heavy atom. The molecule has 0 saturated carbocycles. The fraction of sp³-hybridized carbons (Fsp3) is 0.333. The van der Waals surface area contributed by atoms with Crippen molar-refractivity contribution in [2.24, 2.45) is 5.73 Å². The van der Waals surface area contributed by atoms with Crippen LogP contribution in [-0.2, 0) is 20.9 Å². The van der Waals surface area contributed by atoms with Crippen molar-refractivity contribution >= 4 is 11.9 Å². The van der Waals surface area contributed by atoms with E-state index in [0.29, 0.717) is 5.75 Å². The molecule has 1 aromatic carbocycles. The van der Waals surface area contributed by atoms with E-state index in [1.807, 2.05) is 6.07 Å². The third-order valence-corrected chi connectivity index (χ3v) is 2.09. The first-order valence-electron chi connectivity index (χ1n) is 5.44. The third kappa shape index (κ3) is 4.84. The Morgan fingerprint density at radius 1 is 1.33 bits per heavy atom. The van der Waals surface area contributed by atoms with Crippen molar-refractivity contribution in [3.8, 4) is 5.75 Å². The maximum absolute atomic E-state index is 10.9. The van der Waals surface area contributed by atoms with Gasteiger partial charge in [-0.3, -0.25) is 9.59 Å². The number of benzene rings is 1. The van der Waals surface area contributed by atoms with Crippen LogP contribution in [0.2, 0.25) is 0 Å². The minimum atomic E-state index is -0.360. The molecule has 1 aromatic rings. The highest BCUT2D eigenvalue weighted by Gasteiger charge is 2.05. The molecular weight excluding hydrogens is 236 g/mol. The van der Waals surface area contributed by atoms with Gasteiger partial charge in [-0.1, -0.05) is 18.2 Å². The highest BCUT2D eigenvalue weighted by Crippen LogP contribution is 2.18. The first-order chi connectivity index (χ1) is 8.63. The van der Waals surface area contributed by atoms with Crippen molar-refractivity contribution in [1.29, 1.82) is 0 Å². The Balaban J connectivity index is 2.53. The molecule has 0 unspecified atom stereocenters. The number of hydrogen-bond donors (Lipinski definition) is 2. The maximum Gasteiger partial charge on any atom is 0.302 e. The van der Waals surface area contributed by atoms with Gasteiger partial charge in [-0.25, -0.2) is 0 Å². The number of hydrogen-bond acceptors (Lipinski definition) is 5. The van der Waals surface area contributed by atoms with E-state index in [0.717, 1.165) is 5.56 Å². The van der Waals surface area contributed by atoms with Gasteiger partial charge in [0.15, 0.2) is 6.73 Å². The molecule has 0 heterocycles.